The summed E-state index contributed by atoms with van der Waals surface area (Å²) in [5, 5.41) is 3.72. The number of hydrogen-bond donors (Lipinski definition) is 1. The Hall–Kier alpha value is -2.53. The largest absolute Gasteiger partial charge is 0.484 e. The van der Waals surface area contributed by atoms with E-state index in [1.807, 2.05) is 30.3 Å². The van der Waals surface area contributed by atoms with Gasteiger partial charge < -0.3 is 15.0 Å². The van der Waals surface area contributed by atoms with E-state index < -0.39 is 6.04 Å². The highest BCUT2D eigenvalue weighted by atomic mass is 35.5. The fraction of sp³-hybridized carbons (Fsp3) is 0.391. The molecule has 1 atom stereocenters. The Morgan fingerprint density at radius 3 is 2.41 bits per heavy atom. The maximum atomic E-state index is 13.0. The van der Waals surface area contributed by atoms with E-state index in [0.29, 0.717) is 17.3 Å². The molecule has 29 heavy (non-hydrogen) atoms. The molecule has 0 aromatic heterocycles. The van der Waals surface area contributed by atoms with Crippen LogP contribution in [0.1, 0.15) is 38.2 Å². The maximum Gasteiger partial charge on any atom is 0.261 e. The van der Waals surface area contributed by atoms with Crippen LogP contribution in [0.25, 0.3) is 0 Å². The number of rotatable bonds is 8. The Balaban J connectivity index is 1.69. The number of carbonyl (C=O) groups is 2. The number of ether oxygens (including phenoxy) is 1. The predicted molar refractivity (Wildman–Crippen MR) is 114 cm³/mol. The Morgan fingerprint density at radius 1 is 1.10 bits per heavy atom. The Bertz CT molecular complexity index is 805. The highest BCUT2D eigenvalue weighted by molar-refractivity contribution is 6.30. The standard InChI is InChI=1S/C23H27ClN2O3/c1-17(23(28)25-20-7-5-6-8-20)26(15-18-11-13-19(24)14-12-18)22(27)16-29-21-9-3-2-4-10-21/h2-4,9-14,17,20H,5-8,15-16H2,1H3,(H,25,28). The van der Waals surface area contributed by atoms with Crippen LogP contribution in [0.15, 0.2) is 54.6 Å². The van der Waals surface area contributed by atoms with Crippen molar-refractivity contribution in [1.82, 2.24) is 10.2 Å². The van der Waals surface area contributed by atoms with E-state index in [1.165, 1.54) is 0 Å². The molecule has 0 heterocycles. The van der Waals surface area contributed by atoms with Crippen molar-refractivity contribution < 1.29 is 14.3 Å². The summed E-state index contributed by atoms with van der Waals surface area (Å²) in [5.41, 5.74) is 0.906. The SMILES string of the molecule is CC(C(=O)NC1CCCC1)N(Cc1ccc(Cl)cc1)C(=O)COc1ccccc1. The first kappa shape index (κ1) is 21.2. The molecule has 2 aromatic rings. The lowest BCUT2D eigenvalue weighted by molar-refractivity contribution is -0.142. The molecule has 0 saturated heterocycles. The van der Waals surface area contributed by atoms with Gasteiger partial charge in [0.15, 0.2) is 6.61 Å². The van der Waals surface area contributed by atoms with Crippen molar-refractivity contribution >= 4 is 23.4 Å². The van der Waals surface area contributed by atoms with E-state index >= 15 is 0 Å². The average molecular weight is 415 g/mol. The minimum Gasteiger partial charge on any atom is -0.484 e. The molecule has 1 N–H and O–H groups in total. The van der Waals surface area contributed by atoms with E-state index in [0.717, 1.165) is 31.2 Å². The Kier molecular flexibility index (Phi) is 7.53. The number of benzene rings is 2. The van der Waals surface area contributed by atoms with Crippen molar-refractivity contribution in [2.24, 2.45) is 0 Å². The van der Waals surface area contributed by atoms with Crippen molar-refractivity contribution in [2.45, 2.75) is 51.2 Å². The van der Waals surface area contributed by atoms with Gasteiger partial charge in [0.25, 0.3) is 5.91 Å². The molecule has 5 nitrogen and oxygen atoms in total. The molecular formula is C23H27ClN2O3. The molecule has 1 aliphatic carbocycles. The van der Waals surface area contributed by atoms with Gasteiger partial charge >= 0.3 is 0 Å². The summed E-state index contributed by atoms with van der Waals surface area (Å²) in [4.78, 5) is 27.3. The van der Waals surface area contributed by atoms with Crippen LogP contribution in [0.4, 0.5) is 0 Å². The number of hydrogen-bond acceptors (Lipinski definition) is 3. The smallest absolute Gasteiger partial charge is 0.261 e. The molecule has 1 saturated carbocycles. The van der Waals surface area contributed by atoms with Crippen LogP contribution >= 0.6 is 11.6 Å². The third-order valence-corrected chi connectivity index (χ3v) is 5.49. The third-order valence-electron chi connectivity index (χ3n) is 5.24. The van der Waals surface area contributed by atoms with Gasteiger partial charge in [-0.15, -0.1) is 0 Å². The molecule has 0 spiro atoms. The zero-order valence-electron chi connectivity index (χ0n) is 16.6. The van der Waals surface area contributed by atoms with E-state index in [9.17, 15) is 9.59 Å². The first-order chi connectivity index (χ1) is 14.0. The summed E-state index contributed by atoms with van der Waals surface area (Å²) in [6.07, 6.45) is 4.27. The van der Waals surface area contributed by atoms with Crippen LogP contribution in [0.3, 0.4) is 0 Å². The molecular weight excluding hydrogens is 388 g/mol. The van der Waals surface area contributed by atoms with Crippen molar-refractivity contribution in [1.29, 1.82) is 0 Å². The van der Waals surface area contributed by atoms with Crippen LogP contribution in [-0.2, 0) is 16.1 Å². The number of nitrogens with one attached hydrogen (secondary N) is 1. The highest BCUT2D eigenvalue weighted by Gasteiger charge is 2.28. The van der Waals surface area contributed by atoms with Crippen LogP contribution < -0.4 is 10.1 Å². The first-order valence-corrected chi connectivity index (χ1v) is 10.4. The molecule has 154 valence electrons. The van der Waals surface area contributed by atoms with E-state index in [2.05, 4.69) is 5.32 Å². The second kappa shape index (κ2) is 10.3. The lowest BCUT2D eigenvalue weighted by Crippen LogP contribution is -2.50. The lowest BCUT2D eigenvalue weighted by Gasteiger charge is -2.29. The predicted octanol–water partition coefficient (Wildman–Crippen LogP) is 4.19. The number of halogens is 1. The van der Waals surface area contributed by atoms with E-state index in [4.69, 9.17) is 16.3 Å². The summed E-state index contributed by atoms with van der Waals surface area (Å²) in [6, 6.07) is 16.1. The molecule has 0 radical (unpaired) electrons. The molecule has 2 amide bonds. The van der Waals surface area contributed by atoms with Crippen LogP contribution in [0.2, 0.25) is 5.02 Å². The van der Waals surface area contributed by atoms with Crippen molar-refractivity contribution in [2.75, 3.05) is 6.61 Å². The average Bonchev–Trinajstić information content (AvgIpc) is 3.25. The minimum atomic E-state index is -0.599. The fourth-order valence-electron chi connectivity index (χ4n) is 3.51. The second-order valence-electron chi connectivity index (χ2n) is 7.42. The number of amides is 2. The van der Waals surface area contributed by atoms with E-state index in [1.54, 1.807) is 36.1 Å². The number of carbonyl (C=O) groups excluding carboxylic acids is 2. The van der Waals surface area contributed by atoms with Gasteiger partial charge in [0.05, 0.1) is 0 Å². The second-order valence-corrected chi connectivity index (χ2v) is 7.85. The van der Waals surface area contributed by atoms with Gasteiger partial charge in [-0.25, -0.2) is 0 Å². The number of para-hydroxylation sites is 1. The van der Waals surface area contributed by atoms with Crippen molar-refractivity contribution in [3.8, 4) is 5.75 Å². The number of nitrogens with zero attached hydrogens (tertiary/aromatic N) is 1. The van der Waals surface area contributed by atoms with Gasteiger partial charge in [0.2, 0.25) is 5.91 Å². The topological polar surface area (TPSA) is 58.6 Å². The molecule has 1 fully saturated rings. The monoisotopic (exact) mass is 414 g/mol. The maximum absolute atomic E-state index is 13.0. The molecule has 2 aromatic carbocycles. The summed E-state index contributed by atoms with van der Waals surface area (Å²) in [7, 11) is 0. The fourth-order valence-corrected chi connectivity index (χ4v) is 3.63. The normalized spacial score (nSPS) is 15.0. The quantitative estimate of drug-likeness (QED) is 0.704. The van der Waals surface area contributed by atoms with Gasteiger partial charge in [-0.2, -0.15) is 0 Å². The lowest BCUT2D eigenvalue weighted by atomic mass is 10.1. The molecule has 0 aliphatic heterocycles. The summed E-state index contributed by atoms with van der Waals surface area (Å²) in [6.45, 7) is 1.95. The van der Waals surface area contributed by atoms with Gasteiger partial charge in [-0.05, 0) is 49.6 Å². The van der Waals surface area contributed by atoms with Gasteiger partial charge in [0, 0.05) is 17.6 Å². The highest BCUT2D eigenvalue weighted by Crippen LogP contribution is 2.19. The van der Waals surface area contributed by atoms with Crippen molar-refractivity contribution in [3.05, 3.63) is 65.2 Å². The summed E-state index contributed by atoms with van der Waals surface area (Å²) < 4.78 is 5.62. The summed E-state index contributed by atoms with van der Waals surface area (Å²) >= 11 is 5.97. The Morgan fingerprint density at radius 2 is 1.76 bits per heavy atom. The zero-order valence-corrected chi connectivity index (χ0v) is 17.4. The first-order valence-electron chi connectivity index (χ1n) is 10.0. The molecule has 3 rings (SSSR count). The van der Waals surface area contributed by atoms with Gasteiger partial charge in [0.1, 0.15) is 11.8 Å². The van der Waals surface area contributed by atoms with Crippen LogP contribution in [0.5, 0.6) is 5.75 Å². The zero-order chi connectivity index (χ0) is 20.6. The molecule has 1 aliphatic rings. The van der Waals surface area contributed by atoms with Gasteiger partial charge in [-0.3, -0.25) is 9.59 Å². The third kappa shape index (κ3) is 6.23. The van der Waals surface area contributed by atoms with Crippen LogP contribution in [-0.4, -0.2) is 35.4 Å². The molecule has 0 bridgehead atoms. The van der Waals surface area contributed by atoms with Crippen LogP contribution in [0, 0.1) is 0 Å². The van der Waals surface area contributed by atoms with E-state index in [-0.39, 0.29) is 24.5 Å². The minimum absolute atomic E-state index is 0.126. The van der Waals surface area contributed by atoms with Gasteiger partial charge in [-0.1, -0.05) is 54.8 Å². The van der Waals surface area contributed by atoms with Crippen molar-refractivity contribution in [3.63, 3.8) is 0 Å². The Labute approximate surface area is 177 Å². The molecule has 1 unspecified atom stereocenters. The molecule has 6 heteroatoms. The summed E-state index contributed by atoms with van der Waals surface area (Å²) in [5.74, 6) is 0.257.